The van der Waals surface area contributed by atoms with Crippen LogP contribution in [0.25, 0.3) is 0 Å². The number of rotatable bonds is 5. The number of hydrogen-bond acceptors (Lipinski definition) is 2. The van der Waals surface area contributed by atoms with E-state index in [9.17, 15) is 0 Å². The number of aryl methyl sites for hydroxylation is 2. The van der Waals surface area contributed by atoms with Crippen molar-refractivity contribution in [3.63, 3.8) is 0 Å². The van der Waals surface area contributed by atoms with Gasteiger partial charge in [-0.15, -0.1) is 0 Å². The van der Waals surface area contributed by atoms with Gasteiger partial charge in [0.25, 0.3) is 0 Å². The molecule has 0 atom stereocenters. The average Bonchev–Trinajstić information content (AvgIpc) is 2.18. The van der Waals surface area contributed by atoms with E-state index in [2.05, 4.69) is 26.0 Å². The second-order valence-corrected chi connectivity index (χ2v) is 3.91. The Morgan fingerprint density at radius 2 is 1.80 bits per heavy atom. The van der Waals surface area contributed by atoms with Gasteiger partial charge < -0.3 is 10.5 Å². The number of ether oxygens (including phenoxy) is 1. The smallest absolute Gasteiger partial charge is 0.125 e. The minimum absolute atomic E-state index is 0.672. The highest BCUT2D eigenvalue weighted by molar-refractivity contribution is 5.44. The van der Waals surface area contributed by atoms with E-state index < -0.39 is 0 Å². The van der Waals surface area contributed by atoms with Crippen molar-refractivity contribution in [3.8, 4) is 5.75 Å². The Hall–Kier alpha value is -1.02. The summed E-state index contributed by atoms with van der Waals surface area (Å²) < 4.78 is 5.48. The maximum Gasteiger partial charge on any atom is 0.125 e. The monoisotopic (exact) mass is 207 g/mol. The summed E-state index contributed by atoms with van der Waals surface area (Å²) in [5.74, 6) is 1.04. The quantitative estimate of drug-likeness (QED) is 0.805. The Morgan fingerprint density at radius 3 is 2.27 bits per heavy atom. The van der Waals surface area contributed by atoms with E-state index in [1.54, 1.807) is 7.11 Å². The van der Waals surface area contributed by atoms with Crippen molar-refractivity contribution in [2.75, 3.05) is 13.7 Å². The third-order valence-electron chi connectivity index (χ3n) is 2.52. The maximum atomic E-state index is 5.60. The van der Waals surface area contributed by atoms with Gasteiger partial charge in [-0.05, 0) is 37.4 Å². The average molecular weight is 207 g/mol. The molecule has 0 fully saturated rings. The van der Waals surface area contributed by atoms with Gasteiger partial charge in [0.15, 0.2) is 0 Å². The van der Waals surface area contributed by atoms with Gasteiger partial charge in [-0.2, -0.15) is 0 Å². The molecule has 0 amide bonds. The fourth-order valence-electron chi connectivity index (χ4n) is 1.99. The van der Waals surface area contributed by atoms with E-state index in [-0.39, 0.29) is 0 Å². The first-order chi connectivity index (χ1) is 7.22. The van der Waals surface area contributed by atoms with Crippen LogP contribution in [0.3, 0.4) is 0 Å². The SMILES string of the molecule is CCCc1cc(C)cc(CCN)c1OC. The molecule has 0 aliphatic heterocycles. The standard InChI is InChI=1S/C13H21NO/c1-4-5-11-8-10(2)9-12(6-7-14)13(11)15-3/h8-9H,4-7,14H2,1-3H3. The summed E-state index contributed by atoms with van der Waals surface area (Å²) in [6.07, 6.45) is 3.10. The molecule has 0 saturated heterocycles. The van der Waals surface area contributed by atoms with E-state index in [0.29, 0.717) is 6.54 Å². The highest BCUT2D eigenvalue weighted by atomic mass is 16.5. The van der Waals surface area contributed by atoms with Gasteiger partial charge >= 0.3 is 0 Å². The summed E-state index contributed by atoms with van der Waals surface area (Å²) in [6.45, 7) is 4.98. The van der Waals surface area contributed by atoms with Gasteiger partial charge in [-0.3, -0.25) is 0 Å². The lowest BCUT2D eigenvalue weighted by atomic mass is 9.99. The van der Waals surface area contributed by atoms with Gasteiger partial charge in [0.2, 0.25) is 0 Å². The highest BCUT2D eigenvalue weighted by Crippen LogP contribution is 2.27. The fourth-order valence-corrected chi connectivity index (χ4v) is 1.99. The molecule has 0 aliphatic carbocycles. The van der Waals surface area contributed by atoms with E-state index in [1.165, 1.54) is 16.7 Å². The molecule has 0 aliphatic rings. The van der Waals surface area contributed by atoms with Crippen molar-refractivity contribution in [1.82, 2.24) is 0 Å². The van der Waals surface area contributed by atoms with Crippen LogP contribution in [0.15, 0.2) is 12.1 Å². The normalized spacial score (nSPS) is 10.4. The molecule has 1 aromatic rings. The van der Waals surface area contributed by atoms with E-state index in [0.717, 1.165) is 25.0 Å². The molecule has 2 N–H and O–H groups in total. The van der Waals surface area contributed by atoms with E-state index in [1.807, 2.05) is 0 Å². The zero-order valence-corrected chi connectivity index (χ0v) is 9.97. The van der Waals surface area contributed by atoms with Crippen molar-refractivity contribution < 1.29 is 4.74 Å². The first-order valence-corrected chi connectivity index (χ1v) is 5.59. The lowest BCUT2D eigenvalue weighted by Gasteiger charge is -2.14. The zero-order valence-electron chi connectivity index (χ0n) is 9.97. The molecule has 1 rings (SSSR count). The summed E-state index contributed by atoms with van der Waals surface area (Å²) in [5.41, 5.74) is 9.44. The van der Waals surface area contributed by atoms with Crippen LogP contribution in [0.1, 0.15) is 30.0 Å². The van der Waals surface area contributed by atoms with Crippen LogP contribution in [-0.4, -0.2) is 13.7 Å². The fraction of sp³-hybridized carbons (Fsp3) is 0.538. The van der Waals surface area contributed by atoms with Crippen molar-refractivity contribution in [1.29, 1.82) is 0 Å². The largest absolute Gasteiger partial charge is 0.496 e. The van der Waals surface area contributed by atoms with Crippen LogP contribution < -0.4 is 10.5 Å². The molecule has 2 heteroatoms. The highest BCUT2D eigenvalue weighted by Gasteiger charge is 2.09. The molecule has 0 saturated carbocycles. The molecule has 2 nitrogen and oxygen atoms in total. The molecule has 1 aromatic carbocycles. The summed E-state index contributed by atoms with van der Waals surface area (Å²) in [6, 6.07) is 4.38. The van der Waals surface area contributed by atoms with Gasteiger partial charge in [-0.1, -0.05) is 31.0 Å². The van der Waals surface area contributed by atoms with E-state index >= 15 is 0 Å². The van der Waals surface area contributed by atoms with Gasteiger partial charge in [0.1, 0.15) is 5.75 Å². The van der Waals surface area contributed by atoms with Crippen LogP contribution in [0.5, 0.6) is 5.75 Å². The number of nitrogens with two attached hydrogens (primary N) is 1. The molecule has 0 aromatic heterocycles. The van der Waals surface area contributed by atoms with Gasteiger partial charge in [0.05, 0.1) is 7.11 Å². The predicted octanol–water partition coefficient (Wildman–Crippen LogP) is 2.46. The molecular formula is C13H21NO. The molecule has 0 bridgehead atoms. The third-order valence-corrected chi connectivity index (χ3v) is 2.52. The number of hydrogen-bond donors (Lipinski definition) is 1. The predicted molar refractivity (Wildman–Crippen MR) is 64.5 cm³/mol. The summed E-state index contributed by atoms with van der Waals surface area (Å²) in [4.78, 5) is 0. The maximum absolute atomic E-state index is 5.60. The Morgan fingerprint density at radius 1 is 1.20 bits per heavy atom. The zero-order chi connectivity index (χ0) is 11.3. The van der Waals surface area contributed by atoms with Crippen LogP contribution in [0, 0.1) is 6.92 Å². The molecule has 0 unspecified atom stereocenters. The van der Waals surface area contributed by atoms with Crippen LogP contribution >= 0.6 is 0 Å². The molecule has 0 radical (unpaired) electrons. The second-order valence-electron chi connectivity index (χ2n) is 3.91. The Kier molecular flexibility index (Phi) is 4.63. The Labute approximate surface area is 92.4 Å². The summed E-state index contributed by atoms with van der Waals surface area (Å²) in [5, 5.41) is 0. The Balaban J connectivity index is 3.12. The Bertz CT molecular complexity index is 293. The lowest BCUT2D eigenvalue weighted by molar-refractivity contribution is 0.404. The molecular weight excluding hydrogens is 186 g/mol. The molecule has 15 heavy (non-hydrogen) atoms. The topological polar surface area (TPSA) is 35.2 Å². The molecule has 0 heterocycles. The van der Waals surface area contributed by atoms with Gasteiger partial charge in [0, 0.05) is 0 Å². The van der Waals surface area contributed by atoms with Crippen LogP contribution in [-0.2, 0) is 12.8 Å². The first-order valence-electron chi connectivity index (χ1n) is 5.59. The lowest BCUT2D eigenvalue weighted by Crippen LogP contribution is -2.06. The number of benzene rings is 1. The van der Waals surface area contributed by atoms with Crippen molar-refractivity contribution >= 4 is 0 Å². The van der Waals surface area contributed by atoms with Crippen LogP contribution in [0.4, 0.5) is 0 Å². The second kappa shape index (κ2) is 5.76. The van der Waals surface area contributed by atoms with E-state index in [4.69, 9.17) is 10.5 Å². The first kappa shape index (κ1) is 12.1. The number of methoxy groups -OCH3 is 1. The third kappa shape index (κ3) is 2.96. The van der Waals surface area contributed by atoms with Crippen LogP contribution in [0.2, 0.25) is 0 Å². The van der Waals surface area contributed by atoms with Crippen molar-refractivity contribution in [2.24, 2.45) is 5.73 Å². The summed E-state index contributed by atoms with van der Waals surface area (Å²) >= 11 is 0. The van der Waals surface area contributed by atoms with Crippen molar-refractivity contribution in [3.05, 3.63) is 28.8 Å². The summed E-state index contributed by atoms with van der Waals surface area (Å²) in [7, 11) is 1.74. The van der Waals surface area contributed by atoms with Crippen molar-refractivity contribution in [2.45, 2.75) is 33.1 Å². The molecule has 84 valence electrons. The van der Waals surface area contributed by atoms with Gasteiger partial charge in [-0.25, -0.2) is 0 Å². The minimum Gasteiger partial charge on any atom is -0.496 e. The molecule has 0 spiro atoms. The minimum atomic E-state index is 0.672.